The average molecular weight is 344 g/mol. The van der Waals surface area contributed by atoms with Gasteiger partial charge in [0.05, 0.1) is 4.88 Å². The van der Waals surface area contributed by atoms with Crippen LogP contribution in [0, 0.1) is 5.92 Å². The Balaban J connectivity index is 1.42. The average Bonchev–Trinajstić information content (AvgIpc) is 3.20. The van der Waals surface area contributed by atoms with Crippen molar-refractivity contribution in [2.24, 2.45) is 13.0 Å². The summed E-state index contributed by atoms with van der Waals surface area (Å²) < 4.78 is 2.00. The van der Waals surface area contributed by atoms with Gasteiger partial charge in [0.1, 0.15) is 12.2 Å². The first-order valence-corrected chi connectivity index (χ1v) is 9.68. The number of aryl methyl sites for hydroxylation is 2. The first-order valence-electron chi connectivity index (χ1n) is 8.86. The Morgan fingerprint density at radius 2 is 2.08 bits per heavy atom. The molecule has 5 nitrogen and oxygen atoms in total. The van der Waals surface area contributed by atoms with E-state index in [-0.39, 0.29) is 5.91 Å². The molecule has 1 fully saturated rings. The summed E-state index contributed by atoms with van der Waals surface area (Å²) in [7, 11) is 1.99. The van der Waals surface area contributed by atoms with Crippen LogP contribution < -0.4 is 0 Å². The highest BCUT2D eigenvalue weighted by molar-refractivity contribution is 7.14. The number of amides is 1. The van der Waals surface area contributed by atoms with Crippen LogP contribution in [0.1, 0.15) is 58.0 Å². The van der Waals surface area contributed by atoms with Crippen LogP contribution in [0.4, 0.5) is 0 Å². The van der Waals surface area contributed by atoms with Gasteiger partial charge in [-0.3, -0.25) is 4.79 Å². The lowest BCUT2D eigenvalue weighted by molar-refractivity contribution is 0.0715. The van der Waals surface area contributed by atoms with Gasteiger partial charge >= 0.3 is 0 Å². The van der Waals surface area contributed by atoms with Crippen LogP contribution in [0.5, 0.6) is 0 Å². The molecular formula is C18H24N4OS. The van der Waals surface area contributed by atoms with Crippen molar-refractivity contribution < 1.29 is 4.79 Å². The van der Waals surface area contributed by atoms with E-state index >= 15 is 0 Å². The lowest BCUT2D eigenvalue weighted by Crippen LogP contribution is -2.38. The van der Waals surface area contributed by atoms with E-state index in [1.165, 1.54) is 16.9 Å². The molecule has 0 spiro atoms. The Bertz CT molecular complexity index is 742. The van der Waals surface area contributed by atoms with E-state index in [9.17, 15) is 4.79 Å². The molecule has 0 unspecified atom stereocenters. The smallest absolute Gasteiger partial charge is 0.263 e. The number of carbonyl (C=O) groups is 1. The molecular weight excluding hydrogens is 320 g/mol. The molecule has 0 bridgehead atoms. The highest BCUT2D eigenvalue weighted by Crippen LogP contribution is 2.34. The number of fused-ring (bicyclic) bond motifs is 1. The maximum Gasteiger partial charge on any atom is 0.263 e. The Morgan fingerprint density at radius 1 is 1.29 bits per heavy atom. The van der Waals surface area contributed by atoms with Gasteiger partial charge in [0, 0.05) is 30.9 Å². The SMILES string of the molecule is C[C@@H]1CCc2sc(C(=O)N3CCC(c4nncn4C)CC3)cc2C1. The third-order valence-corrected chi connectivity index (χ3v) is 6.66. The number of nitrogens with zero attached hydrogens (tertiary/aromatic N) is 4. The van der Waals surface area contributed by atoms with Crippen LogP contribution in [0.2, 0.25) is 0 Å². The molecule has 0 saturated carbocycles. The highest BCUT2D eigenvalue weighted by atomic mass is 32.1. The van der Waals surface area contributed by atoms with Crippen molar-refractivity contribution in [3.63, 3.8) is 0 Å². The maximum atomic E-state index is 12.9. The summed E-state index contributed by atoms with van der Waals surface area (Å²) in [6.07, 6.45) is 7.23. The van der Waals surface area contributed by atoms with Crippen LogP contribution in [0.3, 0.4) is 0 Å². The van der Waals surface area contributed by atoms with Crippen molar-refractivity contribution >= 4 is 17.2 Å². The standard InChI is InChI=1S/C18H24N4OS/c1-12-3-4-15-14(9-12)10-16(24-15)18(23)22-7-5-13(6-8-22)17-20-19-11-21(17)2/h10-13H,3-9H2,1-2H3/t12-/m1/s1. The van der Waals surface area contributed by atoms with E-state index in [1.54, 1.807) is 17.7 Å². The summed E-state index contributed by atoms with van der Waals surface area (Å²) in [4.78, 5) is 17.3. The fourth-order valence-electron chi connectivity index (χ4n) is 3.97. The summed E-state index contributed by atoms with van der Waals surface area (Å²) >= 11 is 1.72. The fraction of sp³-hybridized carbons (Fsp3) is 0.611. The number of rotatable bonds is 2. The van der Waals surface area contributed by atoms with E-state index in [2.05, 4.69) is 23.2 Å². The molecule has 1 atom stereocenters. The fourth-order valence-corrected chi connectivity index (χ4v) is 5.15. The summed E-state index contributed by atoms with van der Waals surface area (Å²) in [5.41, 5.74) is 1.41. The number of aromatic nitrogens is 3. The minimum absolute atomic E-state index is 0.221. The summed E-state index contributed by atoms with van der Waals surface area (Å²) in [5.74, 6) is 2.43. The molecule has 24 heavy (non-hydrogen) atoms. The lowest BCUT2D eigenvalue weighted by atomic mass is 9.90. The Kier molecular flexibility index (Phi) is 4.16. The number of hydrogen-bond acceptors (Lipinski definition) is 4. The molecule has 0 N–H and O–H groups in total. The van der Waals surface area contributed by atoms with Crippen LogP contribution in [-0.4, -0.2) is 38.7 Å². The summed E-state index contributed by atoms with van der Waals surface area (Å²) in [5, 5.41) is 8.21. The van der Waals surface area contributed by atoms with E-state index in [1.807, 2.05) is 16.5 Å². The number of piperidine rings is 1. The highest BCUT2D eigenvalue weighted by Gasteiger charge is 2.29. The molecule has 128 valence electrons. The first-order chi connectivity index (χ1) is 11.6. The molecule has 1 aliphatic carbocycles. The van der Waals surface area contributed by atoms with Gasteiger partial charge in [-0.1, -0.05) is 6.92 Å². The van der Waals surface area contributed by atoms with Crippen molar-refractivity contribution in [2.45, 2.75) is 44.9 Å². The number of hydrogen-bond donors (Lipinski definition) is 0. The molecule has 3 heterocycles. The summed E-state index contributed by atoms with van der Waals surface area (Å²) in [6.45, 7) is 3.93. The number of likely N-dealkylation sites (tertiary alicyclic amines) is 1. The summed E-state index contributed by atoms with van der Waals surface area (Å²) in [6, 6.07) is 2.16. The van der Waals surface area contributed by atoms with Gasteiger partial charge < -0.3 is 9.47 Å². The van der Waals surface area contributed by atoms with Crippen molar-refractivity contribution in [1.82, 2.24) is 19.7 Å². The Labute approximate surface area is 146 Å². The van der Waals surface area contributed by atoms with Gasteiger partial charge in [0.2, 0.25) is 0 Å². The van der Waals surface area contributed by atoms with Crippen molar-refractivity contribution in [1.29, 1.82) is 0 Å². The molecule has 6 heteroatoms. The second-order valence-electron chi connectivity index (χ2n) is 7.27. The van der Waals surface area contributed by atoms with E-state index in [0.29, 0.717) is 5.92 Å². The van der Waals surface area contributed by atoms with Gasteiger partial charge in [-0.15, -0.1) is 21.5 Å². The first kappa shape index (κ1) is 15.8. The largest absolute Gasteiger partial charge is 0.338 e. The van der Waals surface area contributed by atoms with Gasteiger partial charge in [0.15, 0.2) is 0 Å². The maximum absolute atomic E-state index is 12.9. The predicted octanol–water partition coefficient (Wildman–Crippen LogP) is 3.02. The number of thiophene rings is 1. The van der Waals surface area contributed by atoms with E-state index in [4.69, 9.17) is 0 Å². The molecule has 2 aromatic heterocycles. The van der Waals surface area contributed by atoms with Crippen molar-refractivity contribution in [2.75, 3.05) is 13.1 Å². The molecule has 0 aromatic carbocycles. The normalized spacial score (nSPS) is 21.8. The molecule has 1 saturated heterocycles. The van der Waals surface area contributed by atoms with Crippen LogP contribution in [0.25, 0.3) is 0 Å². The van der Waals surface area contributed by atoms with E-state index in [0.717, 1.165) is 55.4 Å². The monoisotopic (exact) mass is 344 g/mol. The quantitative estimate of drug-likeness (QED) is 0.841. The van der Waals surface area contributed by atoms with Crippen molar-refractivity contribution in [3.8, 4) is 0 Å². The second-order valence-corrected chi connectivity index (χ2v) is 8.41. The lowest BCUT2D eigenvalue weighted by Gasteiger charge is -2.31. The Hall–Kier alpha value is -1.69. The Morgan fingerprint density at radius 3 is 2.79 bits per heavy atom. The number of carbonyl (C=O) groups excluding carboxylic acids is 1. The van der Waals surface area contributed by atoms with Crippen LogP contribution >= 0.6 is 11.3 Å². The molecule has 1 amide bonds. The van der Waals surface area contributed by atoms with Crippen LogP contribution in [0.15, 0.2) is 12.4 Å². The molecule has 2 aromatic rings. The van der Waals surface area contributed by atoms with E-state index < -0.39 is 0 Å². The van der Waals surface area contributed by atoms with Crippen LogP contribution in [-0.2, 0) is 19.9 Å². The van der Waals surface area contributed by atoms with Crippen molar-refractivity contribution in [3.05, 3.63) is 33.5 Å². The third-order valence-electron chi connectivity index (χ3n) is 5.43. The molecule has 4 rings (SSSR count). The molecule has 2 aliphatic rings. The third kappa shape index (κ3) is 2.88. The zero-order valence-corrected chi connectivity index (χ0v) is 15.2. The van der Waals surface area contributed by atoms with Gasteiger partial charge in [-0.25, -0.2) is 0 Å². The minimum Gasteiger partial charge on any atom is -0.338 e. The van der Waals surface area contributed by atoms with Gasteiger partial charge in [0.25, 0.3) is 5.91 Å². The zero-order chi connectivity index (χ0) is 16.7. The topological polar surface area (TPSA) is 51.0 Å². The molecule has 1 aliphatic heterocycles. The zero-order valence-electron chi connectivity index (χ0n) is 14.4. The van der Waals surface area contributed by atoms with Gasteiger partial charge in [-0.2, -0.15) is 0 Å². The van der Waals surface area contributed by atoms with Gasteiger partial charge in [-0.05, 0) is 49.7 Å². The molecule has 0 radical (unpaired) electrons. The minimum atomic E-state index is 0.221. The predicted molar refractivity (Wildman–Crippen MR) is 94.4 cm³/mol. The second kappa shape index (κ2) is 6.31.